The molecule has 3 aliphatic rings. The van der Waals surface area contributed by atoms with E-state index in [4.69, 9.17) is 0 Å². The lowest BCUT2D eigenvalue weighted by molar-refractivity contribution is 0.0885. The first-order valence-electron chi connectivity index (χ1n) is 9.59. The van der Waals surface area contributed by atoms with Crippen LogP contribution in [0.25, 0.3) is 5.57 Å². The molecule has 1 fully saturated rings. The maximum absolute atomic E-state index is 9.82. The van der Waals surface area contributed by atoms with Crippen molar-refractivity contribution in [2.24, 2.45) is 17.3 Å². The molecule has 1 aromatic heterocycles. The number of rotatable bonds is 1. The van der Waals surface area contributed by atoms with Crippen LogP contribution >= 0.6 is 0 Å². The molecule has 0 radical (unpaired) electrons. The average molecular weight is 331 g/mol. The molecule has 1 heterocycles. The minimum absolute atomic E-state index is 0.290. The van der Waals surface area contributed by atoms with Gasteiger partial charge in [-0.3, -0.25) is 4.98 Å². The van der Waals surface area contributed by atoms with Gasteiger partial charge in [0.2, 0.25) is 0 Å². The number of nitrogens with zero attached hydrogens (tertiary/aromatic N) is 1. The second kappa shape index (κ2) is 5.45. The molecule has 2 aromatic rings. The molecule has 2 nitrogen and oxygen atoms in total. The Morgan fingerprint density at radius 1 is 1.20 bits per heavy atom. The zero-order valence-corrected chi connectivity index (χ0v) is 14.8. The Kier molecular flexibility index (Phi) is 3.31. The van der Waals surface area contributed by atoms with Gasteiger partial charge in [0.15, 0.2) is 0 Å². The Hall–Kier alpha value is -2.09. The third-order valence-corrected chi connectivity index (χ3v) is 7.26. The molecule has 5 rings (SSSR count). The van der Waals surface area contributed by atoms with Crippen molar-refractivity contribution >= 4 is 5.57 Å². The van der Waals surface area contributed by atoms with Crippen molar-refractivity contribution in [3.63, 3.8) is 0 Å². The number of aromatic nitrogens is 1. The van der Waals surface area contributed by atoms with Crippen molar-refractivity contribution in [1.82, 2.24) is 4.98 Å². The van der Waals surface area contributed by atoms with Gasteiger partial charge in [-0.2, -0.15) is 0 Å². The third kappa shape index (κ3) is 2.19. The summed E-state index contributed by atoms with van der Waals surface area (Å²) in [5.41, 5.74) is 6.01. The van der Waals surface area contributed by atoms with E-state index in [1.807, 2.05) is 24.5 Å². The topological polar surface area (TPSA) is 33.1 Å². The van der Waals surface area contributed by atoms with Crippen LogP contribution in [-0.4, -0.2) is 10.1 Å². The molecule has 2 heteroatoms. The van der Waals surface area contributed by atoms with Gasteiger partial charge in [-0.1, -0.05) is 25.1 Å². The number of hydrogen-bond donors (Lipinski definition) is 1. The molecule has 3 aliphatic carbocycles. The van der Waals surface area contributed by atoms with Gasteiger partial charge in [0.1, 0.15) is 5.75 Å². The second-order valence-corrected chi connectivity index (χ2v) is 8.35. The van der Waals surface area contributed by atoms with Crippen LogP contribution in [-0.2, 0) is 6.42 Å². The number of aryl methyl sites for hydroxylation is 1. The Morgan fingerprint density at radius 2 is 2.12 bits per heavy atom. The lowest BCUT2D eigenvalue weighted by Crippen LogP contribution is -2.40. The van der Waals surface area contributed by atoms with Crippen LogP contribution in [0.5, 0.6) is 5.75 Å². The lowest BCUT2D eigenvalue weighted by atomic mass is 9.54. The SMILES string of the molecule is C[C@]12CC[C@@H]3c4ccc(O)cc4CC[C@H]3[C@@H]1CC=C2c1cccnc1. The highest BCUT2D eigenvalue weighted by molar-refractivity contribution is 5.72. The first kappa shape index (κ1) is 15.2. The van der Waals surface area contributed by atoms with Crippen molar-refractivity contribution in [3.8, 4) is 5.75 Å². The summed E-state index contributed by atoms with van der Waals surface area (Å²) in [6, 6.07) is 10.3. The van der Waals surface area contributed by atoms with Crippen molar-refractivity contribution < 1.29 is 5.11 Å². The van der Waals surface area contributed by atoms with E-state index in [2.05, 4.69) is 36.2 Å². The number of allylic oxidation sites excluding steroid dienone is 2. The maximum atomic E-state index is 9.82. The Balaban J connectivity index is 1.50. The fourth-order valence-electron chi connectivity index (χ4n) is 6.11. The molecular formula is C23H25NO. The highest BCUT2D eigenvalue weighted by Gasteiger charge is 2.51. The molecule has 128 valence electrons. The number of hydrogen-bond acceptors (Lipinski definition) is 2. The van der Waals surface area contributed by atoms with Crippen LogP contribution in [0.2, 0.25) is 0 Å². The highest BCUT2D eigenvalue weighted by atomic mass is 16.3. The summed E-state index contributed by atoms with van der Waals surface area (Å²) in [4.78, 5) is 4.35. The number of fused-ring (bicyclic) bond motifs is 5. The molecule has 1 N–H and O–H groups in total. The van der Waals surface area contributed by atoms with E-state index in [0.717, 1.165) is 18.3 Å². The molecule has 0 unspecified atom stereocenters. The van der Waals surface area contributed by atoms with Gasteiger partial charge < -0.3 is 5.11 Å². The standard InChI is InChI=1S/C23H25NO/c1-23-11-10-19-18-7-5-17(25)13-15(18)4-6-20(19)22(23)9-8-21(23)16-3-2-12-24-14-16/h2-3,5,7-8,12-14,19-20,22,25H,4,6,9-11H2,1H3/t19-,20-,22+,23-/m1/s1. The largest absolute Gasteiger partial charge is 0.508 e. The average Bonchev–Trinajstić information content (AvgIpc) is 2.99. The van der Waals surface area contributed by atoms with E-state index in [9.17, 15) is 5.11 Å². The predicted octanol–water partition coefficient (Wildman–Crippen LogP) is 5.34. The van der Waals surface area contributed by atoms with Crippen molar-refractivity contribution in [2.45, 2.75) is 44.9 Å². The monoisotopic (exact) mass is 331 g/mol. The fourth-order valence-corrected chi connectivity index (χ4v) is 6.11. The van der Waals surface area contributed by atoms with Gasteiger partial charge in [0.25, 0.3) is 0 Å². The number of aromatic hydroxyl groups is 1. The van der Waals surface area contributed by atoms with Gasteiger partial charge >= 0.3 is 0 Å². The van der Waals surface area contributed by atoms with Gasteiger partial charge in [-0.15, -0.1) is 0 Å². The van der Waals surface area contributed by atoms with E-state index >= 15 is 0 Å². The van der Waals surface area contributed by atoms with E-state index in [0.29, 0.717) is 17.1 Å². The molecule has 0 bridgehead atoms. The zero-order valence-electron chi connectivity index (χ0n) is 14.8. The van der Waals surface area contributed by atoms with Gasteiger partial charge in [0, 0.05) is 12.4 Å². The molecule has 1 aromatic carbocycles. The molecule has 1 saturated carbocycles. The summed E-state index contributed by atoms with van der Waals surface area (Å²) in [6.45, 7) is 2.49. The Morgan fingerprint density at radius 3 is 2.96 bits per heavy atom. The van der Waals surface area contributed by atoms with E-state index in [-0.39, 0.29) is 0 Å². The van der Waals surface area contributed by atoms with Crippen molar-refractivity contribution in [1.29, 1.82) is 0 Å². The van der Waals surface area contributed by atoms with E-state index in [1.54, 1.807) is 0 Å². The number of benzene rings is 1. The van der Waals surface area contributed by atoms with Crippen LogP contribution in [0.4, 0.5) is 0 Å². The van der Waals surface area contributed by atoms with Gasteiger partial charge in [0.05, 0.1) is 0 Å². The summed E-state index contributed by atoms with van der Waals surface area (Å²) in [7, 11) is 0. The smallest absolute Gasteiger partial charge is 0.115 e. The zero-order chi connectivity index (χ0) is 17.0. The molecule has 0 amide bonds. The minimum Gasteiger partial charge on any atom is -0.508 e. The van der Waals surface area contributed by atoms with Crippen LogP contribution in [0, 0.1) is 17.3 Å². The van der Waals surface area contributed by atoms with Crippen molar-refractivity contribution in [2.75, 3.05) is 0 Å². The summed E-state index contributed by atoms with van der Waals surface area (Å²) in [5.74, 6) is 2.59. The molecular weight excluding hydrogens is 306 g/mol. The summed E-state index contributed by atoms with van der Waals surface area (Å²) in [6.07, 6.45) is 12.5. The van der Waals surface area contributed by atoms with Crippen LogP contribution in [0.15, 0.2) is 48.8 Å². The molecule has 25 heavy (non-hydrogen) atoms. The summed E-state index contributed by atoms with van der Waals surface area (Å²) in [5, 5.41) is 9.82. The predicted molar refractivity (Wildman–Crippen MR) is 100 cm³/mol. The minimum atomic E-state index is 0.290. The van der Waals surface area contributed by atoms with Gasteiger partial charge in [-0.25, -0.2) is 0 Å². The quantitative estimate of drug-likeness (QED) is 0.765. The molecule has 0 spiro atoms. The fraction of sp³-hybridized carbons (Fsp3) is 0.435. The normalized spacial score (nSPS) is 33.2. The first-order chi connectivity index (χ1) is 12.2. The highest BCUT2D eigenvalue weighted by Crippen LogP contribution is 2.63. The first-order valence-corrected chi connectivity index (χ1v) is 9.59. The summed E-state index contributed by atoms with van der Waals surface area (Å²) < 4.78 is 0. The molecule has 4 atom stereocenters. The van der Waals surface area contributed by atoms with Crippen LogP contribution in [0.3, 0.4) is 0 Å². The second-order valence-electron chi connectivity index (χ2n) is 8.35. The van der Waals surface area contributed by atoms with Crippen LogP contribution in [0.1, 0.15) is 55.2 Å². The Labute approximate surface area is 149 Å². The van der Waals surface area contributed by atoms with Crippen LogP contribution < -0.4 is 0 Å². The Bertz CT molecular complexity index is 840. The maximum Gasteiger partial charge on any atom is 0.115 e. The number of pyridine rings is 1. The summed E-state index contributed by atoms with van der Waals surface area (Å²) >= 11 is 0. The number of phenolic OH excluding ortho intramolecular Hbond substituents is 1. The molecule has 0 aliphatic heterocycles. The number of phenols is 1. The third-order valence-electron chi connectivity index (χ3n) is 7.26. The van der Waals surface area contributed by atoms with Crippen molar-refractivity contribution in [3.05, 3.63) is 65.5 Å². The lowest BCUT2D eigenvalue weighted by Gasteiger charge is -2.50. The van der Waals surface area contributed by atoms with E-state index < -0.39 is 0 Å². The van der Waals surface area contributed by atoms with E-state index in [1.165, 1.54) is 47.9 Å². The van der Waals surface area contributed by atoms with Gasteiger partial charge in [-0.05, 0) is 95.7 Å². The molecule has 0 saturated heterocycles.